The van der Waals surface area contributed by atoms with Crippen molar-refractivity contribution in [3.05, 3.63) is 27.5 Å². The van der Waals surface area contributed by atoms with Crippen LogP contribution in [0.1, 0.15) is 17.7 Å². The summed E-state index contributed by atoms with van der Waals surface area (Å²) in [6.07, 6.45) is -1.49. The molecule has 66 valence electrons. The Hall–Kier alpha value is -0.410. The first-order chi connectivity index (χ1) is 5.54. The topological polar surface area (TPSA) is 12.9 Å². The van der Waals surface area contributed by atoms with Gasteiger partial charge in [0, 0.05) is 6.20 Å². The van der Waals surface area contributed by atoms with Crippen molar-refractivity contribution in [2.75, 3.05) is 0 Å². The highest BCUT2D eigenvalue weighted by molar-refractivity contribution is 6.36. The van der Waals surface area contributed by atoms with E-state index in [9.17, 15) is 8.78 Å². The van der Waals surface area contributed by atoms with Gasteiger partial charge in [0.1, 0.15) is 5.69 Å². The van der Waals surface area contributed by atoms with E-state index in [0.717, 1.165) is 0 Å². The van der Waals surface area contributed by atoms with Gasteiger partial charge in [-0.15, -0.1) is 0 Å². The summed E-state index contributed by atoms with van der Waals surface area (Å²) in [4.78, 5) is 3.42. The van der Waals surface area contributed by atoms with Crippen LogP contribution in [0.25, 0.3) is 0 Å². The number of nitrogens with zero attached hydrogens (tertiary/aromatic N) is 1. The zero-order valence-corrected chi connectivity index (χ0v) is 7.63. The minimum absolute atomic E-state index is 0.0579. The average molecular weight is 212 g/mol. The third kappa shape index (κ3) is 1.67. The predicted octanol–water partition coefficient (Wildman–Crippen LogP) is 3.63. The molecule has 1 aromatic rings. The van der Waals surface area contributed by atoms with Crippen molar-refractivity contribution in [3.63, 3.8) is 0 Å². The molecule has 0 atom stereocenters. The summed E-state index contributed by atoms with van der Waals surface area (Å²) in [5.41, 5.74) is 0.0159. The van der Waals surface area contributed by atoms with Gasteiger partial charge in [0.05, 0.1) is 10.0 Å². The molecule has 1 heterocycles. The van der Waals surface area contributed by atoms with Crippen molar-refractivity contribution < 1.29 is 8.78 Å². The van der Waals surface area contributed by atoms with Crippen molar-refractivity contribution in [2.24, 2.45) is 0 Å². The van der Waals surface area contributed by atoms with E-state index in [1.54, 1.807) is 6.92 Å². The molecule has 0 amide bonds. The number of pyridine rings is 1. The molecule has 0 aromatic carbocycles. The Kier molecular flexibility index (Phi) is 2.85. The second-order valence-corrected chi connectivity index (χ2v) is 3.02. The molecule has 5 heteroatoms. The van der Waals surface area contributed by atoms with Crippen LogP contribution in [0, 0.1) is 6.92 Å². The summed E-state index contributed by atoms with van der Waals surface area (Å²) in [6, 6.07) is 0. The van der Waals surface area contributed by atoms with Gasteiger partial charge in [0.15, 0.2) is 0 Å². The first-order valence-corrected chi connectivity index (χ1v) is 3.88. The Bertz CT molecular complexity index is 302. The Balaban J connectivity index is 3.27. The maximum atomic E-state index is 12.1. The molecule has 12 heavy (non-hydrogen) atoms. The van der Waals surface area contributed by atoms with Gasteiger partial charge in [-0.1, -0.05) is 23.2 Å². The van der Waals surface area contributed by atoms with E-state index in [4.69, 9.17) is 23.2 Å². The molecule has 0 unspecified atom stereocenters. The third-order valence-corrected chi connectivity index (χ3v) is 2.29. The molecule has 0 aliphatic carbocycles. The third-order valence-electron chi connectivity index (χ3n) is 1.44. The molecule has 0 bridgehead atoms. The smallest absolute Gasteiger partial charge is 0.252 e. The van der Waals surface area contributed by atoms with Crippen LogP contribution >= 0.6 is 23.2 Å². The summed E-state index contributed by atoms with van der Waals surface area (Å²) in [5, 5.41) is 0.238. The highest BCUT2D eigenvalue weighted by Crippen LogP contribution is 2.30. The van der Waals surface area contributed by atoms with E-state index in [1.165, 1.54) is 6.20 Å². The fourth-order valence-corrected chi connectivity index (χ4v) is 1.15. The van der Waals surface area contributed by atoms with Crippen LogP contribution < -0.4 is 0 Å². The second kappa shape index (κ2) is 3.54. The summed E-state index contributed by atoms with van der Waals surface area (Å²) < 4.78 is 24.3. The van der Waals surface area contributed by atoms with Crippen LogP contribution in [0.3, 0.4) is 0 Å². The molecule has 1 aromatic heterocycles. The van der Waals surface area contributed by atoms with Gasteiger partial charge in [-0.25, -0.2) is 8.78 Å². The predicted molar refractivity (Wildman–Crippen MR) is 44.0 cm³/mol. The fraction of sp³-hybridized carbons (Fsp3) is 0.286. The molecule has 0 radical (unpaired) electrons. The van der Waals surface area contributed by atoms with Crippen molar-refractivity contribution in [1.29, 1.82) is 0 Å². The maximum absolute atomic E-state index is 12.1. The molecule has 0 saturated heterocycles. The number of hydrogen-bond donors (Lipinski definition) is 0. The second-order valence-electron chi connectivity index (χ2n) is 2.23. The van der Waals surface area contributed by atoms with E-state index in [1.807, 2.05) is 0 Å². The molecule has 0 saturated carbocycles. The number of rotatable bonds is 1. The van der Waals surface area contributed by atoms with Crippen LogP contribution in [-0.2, 0) is 0 Å². The largest absolute Gasteiger partial charge is 0.281 e. The lowest BCUT2D eigenvalue weighted by Gasteiger charge is -2.05. The molecule has 0 spiro atoms. The average Bonchev–Trinajstić information content (AvgIpc) is 2.00. The number of aromatic nitrogens is 1. The Labute approximate surface area is 78.3 Å². The minimum Gasteiger partial charge on any atom is -0.252 e. The summed E-state index contributed by atoms with van der Waals surface area (Å²) >= 11 is 11.2. The van der Waals surface area contributed by atoms with E-state index in [0.29, 0.717) is 10.6 Å². The van der Waals surface area contributed by atoms with Gasteiger partial charge in [-0.2, -0.15) is 0 Å². The highest BCUT2D eigenvalue weighted by Gasteiger charge is 2.16. The van der Waals surface area contributed by atoms with Crippen molar-refractivity contribution in [2.45, 2.75) is 13.3 Å². The lowest BCUT2D eigenvalue weighted by molar-refractivity contribution is 0.146. The number of alkyl halides is 2. The number of halogens is 4. The van der Waals surface area contributed by atoms with Crippen LogP contribution in [0.2, 0.25) is 10.0 Å². The van der Waals surface area contributed by atoms with Crippen molar-refractivity contribution in [1.82, 2.24) is 4.98 Å². The summed E-state index contributed by atoms with van der Waals surface area (Å²) in [6.45, 7) is 1.57. The van der Waals surface area contributed by atoms with Crippen LogP contribution in [-0.4, -0.2) is 4.98 Å². The van der Waals surface area contributed by atoms with Crippen LogP contribution in [0.15, 0.2) is 6.20 Å². The molecule has 1 rings (SSSR count). The molecular weight excluding hydrogens is 207 g/mol. The zero-order chi connectivity index (χ0) is 9.30. The Morgan fingerprint density at radius 2 is 2.00 bits per heavy atom. The monoisotopic (exact) mass is 211 g/mol. The van der Waals surface area contributed by atoms with Gasteiger partial charge < -0.3 is 0 Å². The normalized spacial score (nSPS) is 10.8. The number of hydrogen-bond acceptors (Lipinski definition) is 1. The first kappa shape index (κ1) is 9.68. The fourth-order valence-electron chi connectivity index (χ4n) is 0.729. The zero-order valence-electron chi connectivity index (χ0n) is 6.11. The first-order valence-electron chi connectivity index (χ1n) is 3.12. The van der Waals surface area contributed by atoms with Gasteiger partial charge in [-0.3, -0.25) is 4.98 Å². The molecule has 0 aliphatic rings. The van der Waals surface area contributed by atoms with Crippen molar-refractivity contribution in [3.8, 4) is 0 Å². The van der Waals surface area contributed by atoms with E-state index in [-0.39, 0.29) is 5.02 Å². The lowest BCUT2D eigenvalue weighted by Crippen LogP contribution is -1.93. The Morgan fingerprint density at radius 1 is 1.42 bits per heavy atom. The SMILES string of the molecule is Cc1c(Cl)cnc(C(F)F)c1Cl. The molecule has 0 fully saturated rings. The summed E-state index contributed by atoms with van der Waals surface area (Å²) in [5.74, 6) is 0. The van der Waals surface area contributed by atoms with Gasteiger partial charge >= 0.3 is 0 Å². The van der Waals surface area contributed by atoms with E-state index < -0.39 is 12.1 Å². The van der Waals surface area contributed by atoms with Gasteiger partial charge in [-0.05, 0) is 12.5 Å². The Morgan fingerprint density at radius 3 is 2.50 bits per heavy atom. The van der Waals surface area contributed by atoms with Crippen molar-refractivity contribution >= 4 is 23.2 Å². The molecular formula is C7H5Cl2F2N. The molecule has 0 aliphatic heterocycles. The molecule has 0 N–H and O–H groups in total. The van der Waals surface area contributed by atoms with E-state index in [2.05, 4.69) is 4.98 Å². The van der Waals surface area contributed by atoms with Crippen LogP contribution in [0.5, 0.6) is 0 Å². The summed E-state index contributed by atoms with van der Waals surface area (Å²) in [7, 11) is 0. The minimum atomic E-state index is -2.66. The van der Waals surface area contributed by atoms with E-state index >= 15 is 0 Å². The van der Waals surface area contributed by atoms with Gasteiger partial charge in [0.25, 0.3) is 6.43 Å². The lowest BCUT2D eigenvalue weighted by atomic mass is 10.2. The molecule has 1 nitrogen and oxygen atoms in total. The maximum Gasteiger partial charge on any atom is 0.281 e. The standard InChI is InChI=1S/C7H5Cl2F2N/c1-3-4(8)2-12-6(5(3)9)7(10)11/h2,7H,1H3. The quantitative estimate of drug-likeness (QED) is 0.692. The van der Waals surface area contributed by atoms with Crippen LogP contribution in [0.4, 0.5) is 8.78 Å². The highest BCUT2D eigenvalue weighted by atomic mass is 35.5. The van der Waals surface area contributed by atoms with Gasteiger partial charge in [0.2, 0.25) is 0 Å².